The van der Waals surface area contributed by atoms with Crippen molar-refractivity contribution in [1.29, 1.82) is 5.26 Å². The minimum absolute atomic E-state index is 0.241. The number of methoxy groups -OCH3 is 1. The summed E-state index contributed by atoms with van der Waals surface area (Å²) in [6.45, 7) is 4.20. The molecule has 0 aliphatic carbocycles. The van der Waals surface area contributed by atoms with E-state index in [9.17, 15) is 10.1 Å². The molecule has 102 valence electrons. The van der Waals surface area contributed by atoms with E-state index in [1.807, 2.05) is 38.1 Å². The Labute approximate surface area is 114 Å². The number of nitrogens with zero attached hydrogens (tertiary/aromatic N) is 1. The summed E-state index contributed by atoms with van der Waals surface area (Å²) < 4.78 is 5.05. The van der Waals surface area contributed by atoms with Crippen molar-refractivity contribution >= 4 is 11.6 Å². The number of anilines is 1. The van der Waals surface area contributed by atoms with Crippen molar-refractivity contribution in [1.82, 2.24) is 0 Å². The van der Waals surface area contributed by atoms with Gasteiger partial charge in [-0.25, -0.2) is 0 Å². The van der Waals surface area contributed by atoms with Crippen LogP contribution in [0.1, 0.15) is 32.3 Å². The molecule has 0 aliphatic rings. The van der Waals surface area contributed by atoms with Crippen molar-refractivity contribution in [3.8, 4) is 6.07 Å². The Balaban J connectivity index is 2.87. The lowest BCUT2D eigenvalue weighted by molar-refractivity contribution is -0.123. The van der Waals surface area contributed by atoms with Crippen LogP contribution < -0.4 is 5.32 Å². The molecular weight excluding hydrogens is 240 g/mol. The number of amides is 1. The summed E-state index contributed by atoms with van der Waals surface area (Å²) in [5.74, 6) is -0.241. The van der Waals surface area contributed by atoms with Crippen LogP contribution in [0.15, 0.2) is 24.3 Å². The van der Waals surface area contributed by atoms with Crippen molar-refractivity contribution < 1.29 is 9.53 Å². The second-order valence-electron chi connectivity index (χ2n) is 4.49. The molecule has 1 amide bonds. The van der Waals surface area contributed by atoms with Crippen LogP contribution in [0.5, 0.6) is 0 Å². The maximum Gasteiger partial charge on any atom is 0.244 e. The highest BCUT2D eigenvalue weighted by atomic mass is 16.5. The van der Waals surface area contributed by atoms with E-state index in [1.165, 1.54) is 0 Å². The first-order chi connectivity index (χ1) is 9.11. The lowest BCUT2D eigenvalue weighted by atomic mass is 9.83. The first-order valence-corrected chi connectivity index (χ1v) is 6.42. The van der Waals surface area contributed by atoms with Crippen LogP contribution in [0.4, 0.5) is 5.69 Å². The summed E-state index contributed by atoms with van der Waals surface area (Å²) in [5.41, 5.74) is 0.731. The largest absolute Gasteiger partial charge is 0.380 e. The van der Waals surface area contributed by atoms with Crippen molar-refractivity contribution in [2.24, 2.45) is 5.41 Å². The third-order valence-electron chi connectivity index (χ3n) is 3.35. The zero-order valence-corrected chi connectivity index (χ0v) is 11.7. The number of carbonyl (C=O) groups excluding carboxylic acids is 1. The Morgan fingerprint density at radius 3 is 2.63 bits per heavy atom. The second-order valence-corrected chi connectivity index (χ2v) is 4.49. The zero-order chi connectivity index (χ0) is 14.3. The Bertz CT molecular complexity index is 473. The molecule has 1 N–H and O–H groups in total. The molecule has 1 aromatic carbocycles. The fraction of sp³-hybridized carbons (Fsp3) is 0.467. The standard InChI is InChI=1S/C15H20N2O2/c1-4-15(5-2,11-16)14(18)17-13-8-6-7-12(9-13)10-19-3/h6-9H,4-5,10H2,1-3H3,(H,17,18). The van der Waals surface area contributed by atoms with E-state index >= 15 is 0 Å². The van der Waals surface area contributed by atoms with Crippen molar-refractivity contribution in [2.45, 2.75) is 33.3 Å². The molecule has 0 bridgehead atoms. The molecule has 0 aromatic heterocycles. The minimum atomic E-state index is -0.947. The summed E-state index contributed by atoms with van der Waals surface area (Å²) in [6.07, 6.45) is 1.01. The molecule has 0 radical (unpaired) electrons. The van der Waals surface area contributed by atoms with Crippen LogP contribution in [-0.4, -0.2) is 13.0 Å². The van der Waals surface area contributed by atoms with E-state index in [-0.39, 0.29) is 5.91 Å². The number of hydrogen-bond acceptors (Lipinski definition) is 3. The van der Waals surface area contributed by atoms with Gasteiger partial charge in [-0.2, -0.15) is 5.26 Å². The maximum absolute atomic E-state index is 12.2. The molecule has 0 unspecified atom stereocenters. The van der Waals surface area contributed by atoms with Gasteiger partial charge in [-0.1, -0.05) is 26.0 Å². The lowest BCUT2D eigenvalue weighted by Crippen LogP contribution is -2.33. The average molecular weight is 260 g/mol. The zero-order valence-electron chi connectivity index (χ0n) is 11.7. The quantitative estimate of drug-likeness (QED) is 0.854. The second kappa shape index (κ2) is 6.91. The van der Waals surface area contributed by atoms with E-state index in [4.69, 9.17) is 4.74 Å². The number of nitrogens with one attached hydrogen (secondary N) is 1. The number of benzene rings is 1. The van der Waals surface area contributed by atoms with Gasteiger partial charge >= 0.3 is 0 Å². The highest BCUT2D eigenvalue weighted by molar-refractivity contribution is 5.97. The smallest absolute Gasteiger partial charge is 0.244 e. The number of nitriles is 1. The van der Waals surface area contributed by atoms with Crippen molar-refractivity contribution in [3.05, 3.63) is 29.8 Å². The molecule has 4 heteroatoms. The molecular formula is C15H20N2O2. The van der Waals surface area contributed by atoms with Gasteiger partial charge in [-0.3, -0.25) is 4.79 Å². The number of ether oxygens (including phenoxy) is 1. The molecule has 1 aromatic rings. The fourth-order valence-corrected chi connectivity index (χ4v) is 1.94. The van der Waals surface area contributed by atoms with E-state index < -0.39 is 5.41 Å². The average Bonchev–Trinajstić information content (AvgIpc) is 2.42. The number of rotatable bonds is 6. The Morgan fingerprint density at radius 2 is 2.11 bits per heavy atom. The normalized spacial score (nSPS) is 10.8. The first-order valence-electron chi connectivity index (χ1n) is 6.42. The fourth-order valence-electron chi connectivity index (χ4n) is 1.94. The van der Waals surface area contributed by atoms with Crippen LogP contribution in [0.2, 0.25) is 0 Å². The number of hydrogen-bond donors (Lipinski definition) is 1. The monoisotopic (exact) mass is 260 g/mol. The molecule has 0 spiro atoms. The predicted molar refractivity (Wildman–Crippen MR) is 74.4 cm³/mol. The molecule has 0 heterocycles. The van der Waals surface area contributed by atoms with Gasteiger partial charge in [0.15, 0.2) is 0 Å². The predicted octanol–water partition coefficient (Wildman–Crippen LogP) is 3.10. The summed E-state index contributed by atoms with van der Waals surface area (Å²) in [6, 6.07) is 9.59. The molecule has 0 saturated heterocycles. The molecule has 4 nitrogen and oxygen atoms in total. The summed E-state index contributed by atoms with van der Waals surface area (Å²) in [5, 5.41) is 12.1. The van der Waals surface area contributed by atoms with Gasteiger partial charge in [-0.05, 0) is 30.5 Å². The van der Waals surface area contributed by atoms with Crippen LogP contribution in [0, 0.1) is 16.7 Å². The Kier molecular flexibility index (Phi) is 5.53. The SMILES string of the molecule is CCC(C#N)(CC)C(=O)Nc1cccc(COC)c1. The van der Waals surface area contributed by atoms with E-state index in [0.29, 0.717) is 25.1 Å². The van der Waals surface area contributed by atoms with Crippen LogP contribution in [0.3, 0.4) is 0 Å². The Hall–Kier alpha value is -1.86. The summed E-state index contributed by atoms with van der Waals surface area (Å²) in [4.78, 5) is 12.2. The highest BCUT2D eigenvalue weighted by Crippen LogP contribution is 2.27. The van der Waals surface area contributed by atoms with Gasteiger partial charge in [-0.15, -0.1) is 0 Å². The van der Waals surface area contributed by atoms with Crippen LogP contribution in [-0.2, 0) is 16.1 Å². The van der Waals surface area contributed by atoms with E-state index in [1.54, 1.807) is 7.11 Å². The number of carbonyl (C=O) groups is 1. The van der Waals surface area contributed by atoms with E-state index in [0.717, 1.165) is 5.56 Å². The maximum atomic E-state index is 12.2. The molecule has 0 fully saturated rings. The third-order valence-corrected chi connectivity index (χ3v) is 3.35. The van der Waals surface area contributed by atoms with Crippen molar-refractivity contribution in [2.75, 3.05) is 12.4 Å². The molecule has 0 aliphatic heterocycles. The van der Waals surface area contributed by atoms with Gasteiger partial charge in [0, 0.05) is 12.8 Å². The van der Waals surface area contributed by atoms with Gasteiger partial charge in [0.25, 0.3) is 0 Å². The van der Waals surface area contributed by atoms with Gasteiger partial charge < -0.3 is 10.1 Å². The van der Waals surface area contributed by atoms with Gasteiger partial charge in [0.2, 0.25) is 5.91 Å². The first kappa shape index (κ1) is 15.2. The van der Waals surface area contributed by atoms with Gasteiger partial charge in [0.1, 0.15) is 5.41 Å². The molecule has 0 atom stereocenters. The van der Waals surface area contributed by atoms with Gasteiger partial charge in [0.05, 0.1) is 12.7 Å². The van der Waals surface area contributed by atoms with E-state index in [2.05, 4.69) is 11.4 Å². The van der Waals surface area contributed by atoms with Crippen molar-refractivity contribution in [3.63, 3.8) is 0 Å². The molecule has 19 heavy (non-hydrogen) atoms. The third kappa shape index (κ3) is 3.55. The van der Waals surface area contributed by atoms with Crippen LogP contribution in [0.25, 0.3) is 0 Å². The lowest BCUT2D eigenvalue weighted by Gasteiger charge is -2.22. The summed E-state index contributed by atoms with van der Waals surface area (Å²) in [7, 11) is 1.63. The molecule has 0 saturated carbocycles. The topological polar surface area (TPSA) is 62.1 Å². The molecule has 1 rings (SSSR count). The van der Waals surface area contributed by atoms with Crippen LogP contribution >= 0.6 is 0 Å². The highest BCUT2D eigenvalue weighted by Gasteiger charge is 2.34. The minimum Gasteiger partial charge on any atom is -0.380 e. The Morgan fingerprint density at radius 1 is 1.42 bits per heavy atom. The summed E-state index contributed by atoms with van der Waals surface area (Å²) >= 11 is 0.